The van der Waals surface area contributed by atoms with Crippen molar-refractivity contribution in [3.05, 3.63) is 34.6 Å². The number of rotatable bonds is 8. The minimum Gasteiger partial charge on any atom is -0.385 e. The summed E-state index contributed by atoms with van der Waals surface area (Å²) in [5.74, 6) is 0.634. The van der Waals surface area contributed by atoms with Gasteiger partial charge in [-0.2, -0.15) is 5.10 Å². The van der Waals surface area contributed by atoms with E-state index in [9.17, 15) is 4.79 Å². The van der Waals surface area contributed by atoms with Crippen LogP contribution in [0.4, 0.5) is 0 Å². The third-order valence-corrected chi connectivity index (χ3v) is 5.87. The van der Waals surface area contributed by atoms with E-state index >= 15 is 0 Å². The largest absolute Gasteiger partial charge is 0.385 e. The second-order valence-corrected chi connectivity index (χ2v) is 8.28. The van der Waals surface area contributed by atoms with Crippen LogP contribution in [0.1, 0.15) is 55.2 Å². The average Bonchev–Trinajstić information content (AvgIpc) is 3.04. The summed E-state index contributed by atoms with van der Waals surface area (Å²) in [4.78, 5) is 15.3. The number of aromatic nitrogens is 2. The lowest BCUT2D eigenvalue weighted by atomic mass is 9.96. The second-order valence-electron chi connectivity index (χ2n) is 7.90. The van der Waals surface area contributed by atoms with Gasteiger partial charge < -0.3 is 15.0 Å². The summed E-state index contributed by atoms with van der Waals surface area (Å²) in [7, 11) is 1.75. The molecule has 28 heavy (non-hydrogen) atoms. The fourth-order valence-electron chi connectivity index (χ4n) is 3.77. The first-order valence-electron chi connectivity index (χ1n) is 10.2. The van der Waals surface area contributed by atoms with Crippen LogP contribution < -0.4 is 5.32 Å². The van der Waals surface area contributed by atoms with E-state index in [0.29, 0.717) is 23.2 Å². The summed E-state index contributed by atoms with van der Waals surface area (Å²) in [5.41, 5.74) is 2.13. The van der Waals surface area contributed by atoms with E-state index < -0.39 is 0 Å². The number of methoxy groups -OCH3 is 1. The molecule has 1 amide bonds. The monoisotopic (exact) mass is 406 g/mol. The number of carbonyl (C=O) groups excluding carboxylic acids is 1. The van der Waals surface area contributed by atoms with E-state index in [0.717, 1.165) is 56.7 Å². The number of nitrogens with zero attached hydrogens (tertiary/aromatic N) is 3. The number of likely N-dealkylation sites (tertiary alicyclic amines) is 1. The fraction of sp³-hybridized carbons (Fsp3) is 0.619. The van der Waals surface area contributed by atoms with Gasteiger partial charge in [0.25, 0.3) is 5.91 Å². The van der Waals surface area contributed by atoms with Crippen LogP contribution in [0.2, 0.25) is 5.02 Å². The van der Waals surface area contributed by atoms with Crippen molar-refractivity contribution in [1.29, 1.82) is 0 Å². The Hall–Kier alpha value is -1.63. The van der Waals surface area contributed by atoms with Crippen LogP contribution in [0, 0.1) is 5.92 Å². The van der Waals surface area contributed by atoms with Crippen molar-refractivity contribution in [1.82, 2.24) is 19.8 Å². The highest BCUT2D eigenvalue weighted by atomic mass is 35.5. The van der Waals surface area contributed by atoms with E-state index in [4.69, 9.17) is 16.3 Å². The van der Waals surface area contributed by atoms with E-state index in [1.807, 2.05) is 12.1 Å². The number of nitrogens with one attached hydrogen (secondary N) is 1. The maximum Gasteiger partial charge on any atom is 0.269 e. The van der Waals surface area contributed by atoms with Crippen molar-refractivity contribution in [3.63, 3.8) is 0 Å². The molecule has 1 aliphatic rings. The topological polar surface area (TPSA) is 58.9 Å². The number of piperidine rings is 1. The van der Waals surface area contributed by atoms with Gasteiger partial charge in [0.1, 0.15) is 5.69 Å². The highest BCUT2D eigenvalue weighted by Crippen LogP contribution is 2.28. The van der Waals surface area contributed by atoms with E-state index in [-0.39, 0.29) is 11.8 Å². The number of amides is 1. The molecular formula is C21H31ClN4O2. The van der Waals surface area contributed by atoms with Crippen LogP contribution in [0.5, 0.6) is 0 Å². The lowest BCUT2D eigenvalue weighted by Gasteiger charge is -2.31. The molecule has 2 aromatic heterocycles. The van der Waals surface area contributed by atoms with Crippen molar-refractivity contribution in [2.24, 2.45) is 5.92 Å². The molecule has 0 unspecified atom stereocenters. The van der Waals surface area contributed by atoms with Crippen LogP contribution in [0.15, 0.2) is 18.2 Å². The first kappa shape index (κ1) is 21.1. The molecule has 7 heteroatoms. The van der Waals surface area contributed by atoms with E-state index in [1.54, 1.807) is 17.7 Å². The summed E-state index contributed by atoms with van der Waals surface area (Å²) in [6.07, 6.45) is 3.30. The summed E-state index contributed by atoms with van der Waals surface area (Å²) in [6, 6.07) is 5.56. The highest BCUT2D eigenvalue weighted by molar-refractivity contribution is 6.34. The quantitative estimate of drug-likeness (QED) is 0.680. The molecule has 1 aliphatic heterocycles. The second kappa shape index (κ2) is 9.72. The number of halogens is 1. The molecule has 0 saturated carbocycles. The van der Waals surface area contributed by atoms with Crippen molar-refractivity contribution in [2.45, 2.75) is 39.0 Å². The lowest BCUT2D eigenvalue weighted by Crippen LogP contribution is -2.39. The fourth-order valence-corrected chi connectivity index (χ4v) is 4.17. The highest BCUT2D eigenvalue weighted by Gasteiger charge is 2.21. The summed E-state index contributed by atoms with van der Waals surface area (Å²) in [6.45, 7) is 8.89. The minimum atomic E-state index is -0.0948. The molecule has 3 heterocycles. The van der Waals surface area contributed by atoms with Crippen LogP contribution >= 0.6 is 11.6 Å². The molecule has 154 valence electrons. The number of carbonyl (C=O) groups is 1. The Morgan fingerprint density at radius 2 is 2.11 bits per heavy atom. The molecule has 0 atom stereocenters. The van der Waals surface area contributed by atoms with Gasteiger partial charge in [-0.25, -0.2) is 4.52 Å². The summed E-state index contributed by atoms with van der Waals surface area (Å²) >= 11 is 6.46. The van der Waals surface area contributed by atoms with Crippen LogP contribution in [-0.4, -0.2) is 60.3 Å². The van der Waals surface area contributed by atoms with Gasteiger partial charge in [0.2, 0.25) is 0 Å². The number of ether oxygens (including phenoxy) is 1. The maximum atomic E-state index is 12.8. The standard InChI is InChI=1S/C21H31ClN4O2/c1-15(2)20-19(22)17-6-4-7-18(26(17)24-20)21(27)23-14-16-8-11-25(12-9-16)10-5-13-28-3/h4,6-7,15-16H,5,8-14H2,1-3H3,(H,23,27). The van der Waals surface area contributed by atoms with Gasteiger partial charge in [-0.3, -0.25) is 4.79 Å². The SMILES string of the molecule is COCCCN1CCC(CNC(=O)c2cccc3c(Cl)c(C(C)C)nn23)CC1. The Morgan fingerprint density at radius 1 is 1.36 bits per heavy atom. The zero-order chi connectivity index (χ0) is 20.1. The molecule has 0 spiro atoms. The van der Waals surface area contributed by atoms with Gasteiger partial charge in [0, 0.05) is 26.8 Å². The Morgan fingerprint density at radius 3 is 2.79 bits per heavy atom. The first-order chi connectivity index (χ1) is 13.5. The van der Waals surface area contributed by atoms with Crippen molar-refractivity contribution >= 4 is 23.0 Å². The minimum absolute atomic E-state index is 0.0948. The lowest BCUT2D eigenvalue weighted by molar-refractivity contribution is 0.0926. The predicted molar refractivity (Wildman–Crippen MR) is 112 cm³/mol. The number of hydrogen-bond acceptors (Lipinski definition) is 4. The molecule has 1 saturated heterocycles. The first-order valence-corrected chi connectivity index (χ1v) is 10.6. The Balaban J connectivity index is 1.57. The van der Waals surface area contributed by atoms with Gasteiger partial charge >= 0.3 is 0 Å². The van der Waals surface area contributed by atoms with Gasteiger partial charge in [-0.15, -0.1) is 0 Å². The van der Waals surface area contributed by atoms with Gasteiger partial charge in [-0.1, -0.05) is 31.5 Å². The zero-order valence-electron chi connectivity index (χ0n) is 17.1. The molecule has 0 bridgehead atoms. The molecule has 3 rings (SSSR count). The zero-order valence-corrected chi connectivity index (χ0v) is 17.8. The molecule has 0 aliphatic carbocycles. The van der Waals surface area contributed by atoms with Crippen LogP contribution in [-0.2, 0) is 4.74 Å². The van der Waals surface area contributed by atoms with Gasteiger partial charge in [0.15, 0.2) is 0 Å². The maximum absolute atomic E-state index is 12.8. The van der Waals surface area contributed by atoms with Crippen molar-refractivity contribution < 1.29 is 9.53 Å². The molecule has 1 N–H and O–H groups in total. The third-order valence-electron chi connectivity index (χ3n) is 5.48. The molecule has 1 fully saturated rings. The number of pyridine rings is 1. The molecule has 0 aromatic carbocycles. The van der Waals surface area contributed by atoms with Crippen LogP contribution in [0.3, 0.4) is 0 Å². The average molecular weight is 407 g/mol. The molecule has 2 aromatic rings. The van der Waals surface area contributed by atoms with Crippen molar-refractivity contribution in [2.75, 3.05) is 39.9 Å². The van der Waals surface area contributed by atoms with E-state index in [1.165, 1.54) is 0 Å². The Bertz CT molecular complexity index is 797. The molecular weight excluding hydrogens is 376 g/mol. The molecule has 0 radical (unpaired) electrons. The number of hydrogen-bond donors (Lipinski definition) is 1. The number of fused-ring (bicyclic) bond motifs is 1. The van der Waals surface area contributed by atoms with Gasteiger partial charge in [0.05, 0.1) is 16.2 Å². The smallest absolute Gasteiger partial charge is 0.269 e. The molecule has 6 nitrogen and oxygen atoms in total. The van der Waals surface area contributed by atoms with Crippen LogP contribution in [0.25, 0.3) is 5.52 Å². The Kier molecular flexibility index (Phi) is 7.32. The predicted octanol–water partition coefficient (Wildman–Crippen LogP) is 3.59. The van der Waals surface area contributed by atoms with Gasteiger partial charge in [-0.05, 0) is 56.3 Å². The Labute approximate surface area is 172 Å². The normalized spacial score (nSPS) is 16.2. The van der Waals surface area contributed by atoms with E-state index in [2.05, 4.69) is 29.2 Å². The summed E-state index contributed by atoms with van der Waals surface area (Å²) in [5, 5.41) is 8.31. The third kappa shape index (κ3) is 4.85. The van der Waals surface area contributed by atoms with Crippen molar-refractivity contribution in [3.8, 4) is 0 Å². The summed E-state index contributed by atoms with van der Waals surface area (Å²) < 4.78 is 6.80.